The molecule has 0 aromatic heterocycles. The summed E-state index contributed by atoms with van der Waals surface area (Å²) in [5.74, 6) is -1.10. The molecule has 0 spiro atoms. The van der Waals surface area contributed by atoms with E-state index in [1.165, 1.54) is 116 Å². The second-order valence-electron chi connectivity index (χ2n) is 13.3. The van der Waals surface area contributed by atoms with Gasteiger partial charge in [0.2, 0.25) is 0 Å². The number of rotatable bonds is 35. The minimum Gasteiger partial charge on any atom is -0.462 e. The molecule has 0 saturated carbocycles. The van der Waals surface area contributed by atoms with Gasteiger partial charge in [0.15, 0.2) is 6.10 Å². The normalized spacial score (nSPS) is 12.1. The van der Waals surface area contributed by atoms with Gasteiger partial charge >= 0.3 is 17.9 Å². The summed E-state index contributed by atoms with van der Waals surface area (Å²) < 4.78 is 15.9. The number of carbonyl (C=O) groups excluding carboxylic acids is 3. The van der Waals surface area contributed by atoms with E-state index < -0.39 is 12.1 Å². The van der Waals surface area contributed by atoms with Crippen molar-refractivity contribution < 1.29 is 28.6 Å². The summed E-state index contributed by atoms with van der Waals surface area (Å²) in [6, 6.07) is 0. The van der Waals surface area contributed by atoms with Crippen molar-refractivity contribution in [3.05, 3.63) is 24.3 Å². The number of hydrogen-bond acceptors (Lipinski definition) is 6. The first-order valence-electron chi connectivity index (χ1n) is 19.8. The lowest BCUT2D eigenvalue weighted by atomic mass is 10.1. The molecule has 6 nitrogen and oxygen atoms in total. The van der Waals surface area contributed by atoms with E-state index in [9.17, 15) is 14.4 Å². The van der Waals surface area contributed by atoms with Gasteiger partial charge in [0, 0.05) is 19.8 Å². The smallest absolute Gasteiger partial charge is 0.306 e. The van der Waals surface area contributed by atoms with Crippen LogP contribution in [0.3, 0.4) is 0 Å². The van der Waals surface area contributed by atoms with E-state index in [4.69, 9.17) is 14.2 Å². The van der Waals surface area contributed by atoms with Crippen LogP contribution in [0.2, 0.25) is 0 Å². The Balaban J connectivity index is 3.87. The van der Waals surface area contributed by atoms with Gasteiger partial charge < -0.3 is 14.2 Å². The molecule has 0 heterocycles. The molecule has 0 aliphatic heterocycles. The molecular formula is C41H74O6. The maximum atomic E-state index is 12.4. The number of ether oxygens (including phenoxy) is 3. The number of allylic oxidation sites excluding steroid dienone is 4. The monoisotopic (exact) mass is 663 g/mol. The average molecular weight is 663 g/mol. The van der Waals surface area contributed by atoms with E-state index in [1.54, 1.807) is 0 Å². The highest BCUT2D eigenvalue weighted by molar-refractivity contribution is 5.70. The highest BCUT2D eigenvalue weighted by Gasteiger charge is 2.18. The molecule has 6 heteroatoms. The second kappa shape index (κ2) is 36.7. The van der Waals surface area contributed by atoms with Crippen LogP contribution < -0.4 is 0 Å². The summed E-state index contributed by atoms with van der Waals surface area (Å²) >= 11 is 0. The van der Waals surface area contributed by atoms with Gasteiger partial charge in [-0.1, -0.05) is 141 Å². The molecule has 0 amide bonds. The van der Waals surface area contributed by atoms with Crippen LogP contribution in [-0.4, -0.2) is 37.2 Å². The fraction of sp³-hybridized carbons (Fsp3) is 0.829. The molecule has 0 aromatic rings. The van der Waals surface area contributed by atoms with Gasteiger partial charge in [0.1, 0.15) is 13.2 Å². The van der Waals surface area contributed by atoms with E-state index in [2.05, 4.69) is 38.2 Å². The summed E-state index contributed by atoms with van der Waals surface area (Å²) in [4.78, 5) is 35.9. The zero-order valence-electron chi connectivity index (χ0n) is 31.0. The van der Waals surface area contributed by atoms with Crippen molar-refractivity contribution in [2.75, 3.05) is 13.2 Å². The van der Waals surface area contributed by atoms with Crippen LogP contribution in [0.4, 0.5) is 0 Å². The molecule has 1 atom stereocenters. The fourth-order valence-electron chi connectivity index (χ4n) is 5.51. The van der Waals surface area contributed by atoms with Gasteiger partial charge in [-0.25, -0.2) is 0 Å². The molecular weight excluding hydrogens is 588 g/mol. The van der Waals surface area contributed by atoms with Crippen LogP contribution in [0.25, 0.3) is 0 Å². The van der Waals surface area contributed by atoms with E-state index >= 15 is 0 Å². The summed E-state index contributed by atoms with van der Waals surface area (Å²) in [5.41, 5.74) is 0. The Kier molecular flexibility index (Phi) is 35.1. The first-order valence-corrected chi connectivity index (χ1v) is 19.8. The van der Waals surface area contributed by atoms with Crippen LogP contribution in [0.1, 0.15) is 201 Å². The van der Waals surface area contributed by atoms with Gasteiger partial charge in [0.25, 0.3) is 0 Å². The molecule has 0 N–H and O–H groups in total. The lowest BCUT2D eigenvalue weighted by molar-refractivity contribution is -0.166. The molecule has 0 aliphatic rings. The van der Waals surface area contributed by atoms with Crippen molar-refractivity contribution in [2.24, 2.45) is 0 Å². The zero-order valence-corrected chi connectivity index (χ0v) is 31.0. The predicted molar refractivity (Wildman–Crippen MR) is 196 cm³/mol. The standard InChI is InChI=1S/C41H74O6/c1-4-6-8-10-12-14-16-18-20-22-24-26-28-30-32-34-40(43)46-37-39(36-45-38(3)42)47-41(44)35-33-31-29-27-25-23-21-19-17-15-13-11-9-7-5-2/h18-21,39H,4-17,22-37H2,1-3H3/t39-/m1/s1. The fourth-order valence-corrected chi connectivity index (χ4v) is 5.51. The minimum atomic E-state index is -0.771. The largest absolute Gasteiger partial charge is 0.462 e. The average Bonchev–Trinajstić information content (AvgIpc) is 3.05. The first-order chi connectivity index (χ1) is 23.0. The molecule has 0 aromatic carbocycles. The summed E-state index contributed by atoms with van der Waals surface area (Å²) in [5, 5.41) is 0. The van der Waals surface area contributed by atoms with Gasteiger partial charge in [-0.2, -0.15) is 0 Å². The van der Waals surface area contributed by atoms with Crippen LogP contribution in [0, 0.1) is 0 Å². The van der Waals surface area contributed by atoms with Gasteiger partial charge in [-0.15, -0.1) is 0 Å². The van der Waals surface area contributed by atoms with Gasteiger partial charge in [-0.05, 0) is 64.2 Å². The molecule has 0 rings (SSSR count). The van der Waals surface area contributed by atoms with Crippen molar-refractivity contribution in [3.63, 3.8) is 0 Å². The Morgan fingerprint density at radius 3 is 1.19 bits per heavy atom. The molecule has 0 bridgehead atoms. The third-order valence-corrected chi connectivity index (χ3v) is 8.49. The SMILES string of the molecule is CCCCCCCCC=CCCCCCCCC(=O)OC[C@@H](COC(C)=O)OC(=O)CCCCCCCC=CCCCCCCCC. The van der Waals surface area contributed by atoms with Crippen LogP contribution >= 0.6 is 0 Å². The van der Waals surface area contributed by atoms with Crippen molar-refractivity contribution >= 4 is 17.9 Å². The summed E-state index contributed by atoms with van der Waals surface area (Å²) in [6.07, 6.45) is 40.5. The van der Waals surface area contributed by atoms with E-state index in [-0.39, 0.29) is 25.2 Å². The first kappa shape index (κ1) is 44.9. The Hall–Kier alpha value is -2.11. The summed E-state index contributed by atoms with van der Waals surface area (Å²) in [7, 11) is 0. The maximum absolute atomic E-state index is 12.4. The molecule has 47 heavy (non-hydrogen) atoms. The Labute approximate surface area is 290 Å². The zero-order chi connectivity index (χ0) is 34.5. The van der Waals surface area contributed by atoms with Crippen LogP contribution in [0.5, 0.6) is 0 Å². The molecule has 0 saturated heterocycles. The van der Waals surface area contributed by atoms with Gasteiger partial charge in [-0.3, -0.25) is 14.4 Å². The highest BCUT2D eigenvalue weighted by Crippen LogP contribution is 2.13. The lowest BCUT2D eigenvalue weighted by Gasteiger charge is -2.17. The van der Waals surface area contributed by atoms with Crippen molar-refractivity contribution in [2.45, 2.75) is 207 Å². The topological polar surface area (TPSA) is 78.9 Å². The van der Waals surface area contributed by atoms with E-state index in [0.717, 1.165) is 57.8 Å². The van der Waals surface area contributed by atoms with E-state index in [1.807, 2.05) is 0 Å². The third-order valence-electron chi connectivity index (χ3n) is 8.49. The number of unbranched alkanes of at least 4 members (excludes halogenated alkanes) is 22. The molecule has 0 fully saturated rings. The second-order valence-corrected chi connectivity index (χ2v) is 13.3. The van der Waals surface area contributed by atoms with Crippen LogP contribution in [-0.2, 0) is 28.6 Å². The highest BCUT2D eigenvalue weighted by atomic mass is 16.6. The maximum Gasteiger partial charge on any atom is 0.306 e. The predicted octanol–water partition coefficient (Wildman–Crippen LogP) is 12.1. The third kappa shape index (κ3) is 36.6. The van der Waals surface area contributed by atoms with Crippen LogP contribution in [0.15, 0.2) is 24.3 Å². The molecule has 0 unspecified atom stereocenters. The van der Waals surface area contributed by atoms with Gasteiger partial charge in [0.05, 0.1) is 0 Å². The Bertz CT molecular complexity index is 774. The Morgan fingerprint density at radius 2 is 0.787 bits per heavy atom. The summed E-state index contributed by atoms with van der Waals surface area (Å²) in [6.45, 7) is 5.63. The number of esters is 3. The number of hydrogen-bond donors (Lipinski definition) is 0. The van der Waals surface area contributed by atoms with Crippen molar-refractivity contribution in [3.8, 4) is 0 Å². The lowest BCUT2D eigenvalue weighted by Crippen LogP contribution is -2.30. The minimum absolute atomic E-state index is 0.0880. The number of carbonyl (C=O) groups is 3. The molecule has 0 radical (unpaired) electrons. The molecule has 0 aliphatic carbocycles. The molecule has 274 valence electrons. The quantitative estimate of drug-likeness (QED) is 0.0291. The van der Waals surface area contributed by atoms with Crippen molar-refractivity contribution in [1.29, 1.82) is 0 Å². The van der Waals surface area contributed by atoms with Crippen molar-refractivity contribution in [1.82, 2.24) is 0 Å². The Morgan fingerprint density at radius 1 is 0.447 bits per heavy atom. The van der Waals surface area contributed by atoms with E-state index in [0.29, 0.717) is 12.8 Å².